The molecule has 0 saturated heterocycles. The Balaban J connectivity index is 2.05. The molecule has 0 amide bonds. The van der Waals surface area contributed by atoms with E-state index in [1.54, 1.807) is 0 Å². The number of rotatable bonds is 6. The smallest absolute Gasteiger partial charge is 0.368 e. The molecule has 13 heteroatoms. The third-order valence-electron chi connectivity index (χ3n) is 3.66. The van der Waals surface area contributed by atoms with E-state index in [-0.39, 0.29) is 41.1 Å². The average Bonchev–Trinajstić information content (AvgIpc) is 3.00. The molecule has 0 spiro atoms. The number of benzene rings is 1. The minimum Gasteiger partial charge on any atom is -0.489 e. The Morgan fingerprint density at radius 1 is 1.45 bits per heavy atom. The summed E-state index contributed by atoms with van der Waals surface area (Å²) in [6.07, 6.45) is 0.369. The summed E-state index contributed by atoms with van der Waals surface area (Å²) in [6, 6.07) is 4.10. The molecule has 2 heterocycles. The molecular formula is C16H16FN9O3. The third-order valence-corrected chi connectivity index (χ3v) is 3.66. The fourth-order valence-corrected chi connectivity index (χ4v) is 2.26. The van der Waals surface area contributed by atoms with Crippen LogP contribution >= 0.6 is 0 Å². The molecule has 12 nitrogen and oxygen atoms in total. The highest BCUT2D eigenvalue weighted by molar-refractivity contribution is 5.64. The first-order chi connectivity index (χ1) is 13.8. The van der Waals surface area contributed by atoms with Gasteiger partial charge in [-0.25, -0.2) is 14.2 Å². The lowest BCUT2D eigenvalue weighted by atomic mass is 10.2. The Morgan fingerprint density at radius 2 is 2.21 bits per heavy atom. The van der Waals surface area contributed by atoms with Crippen LogP contribution in [0.1, 0.15) is 12.5 Å². The second kappa shape index (κ2) is 7.90. The molecule has 0 radical (unpaired) electrons. The highest BCUT2D eigenvalue weighted by Crippen LogP contribution is 2.30. The zero-order valence-corrected chi connectivity index (χ0v) is 15.4. The first-order valence-electron chi connectivity index (χ1n) is 8.23. The van der Waals surface area contributed by atoms with Crippen molar-refractivity contribution in [3.05, 3.63) is 40.2 Å². The number of nitrogen functional groups attached to an aromatic ring is 1. The highest BCUT2D eigenvalue weighted by Gasteiger charge is 2.18. The number of aromatic nitrogens is 6. The van der Waals surface area contributed by atoms with Crippen molar-refractivity contribution >= 4 is 17.5 Å². The number of nitriles is 1. The van der Waals surface area contributed by atoms with E-state index in [0.717, 1.165) is 15.4 Å². The molecule has 0 aliphatic carbocycles. The number of nitrogens with zero attached hydrogens (tertiary/aromatic N) is 7. The van der Waals surface area contributed by atoms with E-state index in [4.69, 9.17) is 15.7 Å². The monoisotopic (exact) mass is 401 g/mol. The number of hydrogen-bond donors (Lipinski definition) is 3. The molecule has 0 aliphatic rings. The Bertz CT molecular complexity index is 1150. The number of halogens is 1. The van der Waals surface area contributed by atoms with Crippen LogP contribution < -0.4 is 21.5 Å². The summed E-state index contributed by atoms with van der Waals surface area (Å²) in [4.78, 5) is 20.0. The summed E-state index contributed by atoms with van der Waals surface area (Å²) >= 11 is 0. The average molecular weight is 401 g/mol. The zero-order valence-electron chi connectivity index (χ0n) is 15.4. The molecular weight excluding hydrogens is 385 g/mol. The van der Waals surface area contributed by atoms with E-state index in [0.29, 0.717) is 0 Å². The molecule has 0 bridgehead atoms. The van der Waals surface area contributed by atoms with Gasteiger partial charge in [0.1, 0.15) is 35.5 Å². The standard InChI is InChI=1S/C16H16FN9O3/c1-8(27)7-29-13-3-10(17)11(4-12(13)26-16(28)25(2)23-24-26)21-15-20-6-9(5-18)14(19)22-15/h3-4,6,8,27H,7H2,1-2H3,(H3,19,20,21,22)/t8-/m1/s1. The summed E-state index contributed by atoms with van der Waals surface area (Å²) in [6.45, 7) is 1.36. The quantitative estimate of drug-likeness (QED) is 0.505. The van der Waals surface area contributed by atoms with Crippen LogP contribution in [0.15, 0.2) is 23.1 Å². The molecule has 0 unspecified atom stereocenters. The fraction of sp³-hybridized carbons (Fsp3) is 0.250. The predicted octanol–water partition coefficient (Wildman–Crippen LogP) is -0.148. The first-order valence-corrected chi connectivity index (χ1v) is 8.23. The molecule has 1 aromatic carbocycles. The van der Waals surface area contributed by atoms with E-state index in [9.17, 15) is 14.3 Å². The highest BCUT2D eigenvalue weighted by atomic mass is 19.1. The number of aliphatic hydroxyl groups is 1. The van der Waals surface area contributed by atoms with Crippen LogP contribution in [0.5, 0.6) is 5.75 Å². The van der Waals surface area contributed by atoms with Crippen LogP contribution in [0.4, 0.5) is 21.8 Å². The van der Waals surface area contributed by atoms with Crippen molar-refractivity contribution in [2.75, 3.05) is 17.7 Å². The zero-order chi connectivity index (χ0) is 21.1. The maximum Gasteiger partial charge on any atom is 0.368 e. The lowest BCUT2D eigenvalue weighted by Gasteiger charge is -2.15. The molecule has 3 rings (SSSR count). The number of ether oxygens (including phenoxy) is 1. The SMILES string of the molecule is C[C@@H](O)COc1cc(F)c(Nc2ncc(C#N)c(N)n2)cc1-n1nnn(C)c1=O. The largest absolute Gasteiger partial charge is 0.489 e. The normalized spacial score (nSPS) is 11.7. The molecule has 3 aromatic rings. The minimum atomic E-state index is -0.822. The minimum absolute atomic E-state index is 0.0307. The van der Waals surface area contributed by atoms with Gasteiger partial charge in [0, 0.05) is 13.1 Å². The second-order valence-corrected chi connectivity index (χ2v) is 5.99. The van der Waals surface area contributed by atoms with Gasteiger partial charge in [0.15, 0.2) is 5.82 Å². The molecule has 0 fully saturated rings. The van der Waals surface area contributed by atoms with Gasteiger partial charge in [-0.15, -0.1) is 0 Å². The molecule has 4 N–H and O–H groups in total. The van der Waals surface area contributed by atoms with Crippen molar-refractivity contribution in [3.8, 4) is 17.5 Å². The molecule has 0 saturated carbocycles. The van der Waals surface area contributed by atoms with Crippen molar-refractivity contribution in [1.29, 1.82) is 5.26 Å². The number of nitrogens with one attached hydrogen (secondary N) is 1. The van der Waals surface area contributed by atoms with Crippen molar-refractivity contribution in [3.63, 3.8) is 0 Å². The van der Waals surface area contributed by atoms with Gasteiger partial charge in [-0.05, 0) is 23.4 Å². The lowest BCUT2D eigenvalue weighted by Crippen LogP contribution is -2.23. The summed E-state index contributed by atoms with van der Waals surface area (Å²) < 4.78 is 21.9. The van der Waals surface area contributed by atoms with Crippen LogP contribution in [0.25, 0.3) is 5.69 Å². The number of aryl methyl sites for hydroxylation is 1. The van der Waals surface area contributed by atoms with E-state index in [1.807, 2.05) is 6.07 Å². The van der Waals surface area contributed by atoms with Gasteiger partial charge in [0.05, 0.1) is 18.0 Å². The topological polar surface area (TPSA) is 170 Å². The molecule has 29 heavy (non-hydrogen) atoms. The van der Waals surface area contributed by atoms with Crippen LogP contribution in [0.3, 0.4) is 0 Å². The number of anilines is 3. The fourth-order valence-electron chi connectivity index (χ4n) is 2.26. The van der Waals surface area contributed by atoms with E-state index in [2.05, 4.69) is 25.7 Å². The van der Waals surface area contributed by atoms with Crippen molar-refractivity contribution in [2.45, 2.75) is 13.0 Å². The van der Waals surface area contributed by atoms with Crippen LogP contribution in [-0.4, -0.2) is 47.6 Å². The van der Waals surface area contributed by atoms with Gasteiger partial charge in [-0.2, -0.15) is 19.6 Å². The molecule has 2 aromatic heterocycles. The van der Waals surface area contributed by atoms with Gasteiger partial charge >= 0.3 is 5.69 Å². The van der Waals surface area contributed by atoms with E-state index >= 15 is 0 Å². The Morgan fingerprint density at radius 3 is 2.79 bits per heavy atom. The second-order valence-electron chi connectivity index (χ2n) is 5.99. The van der Waals surface area contributed by atoms with Gasteiger partial charge < -0.3 is 20.9 Å². The van der Waals surface area contributed by atoms with Crippen LogP contribution in [0.2, 0.25) is 0 Å². The Hall–Kier alpha value is -4.05. The van der Waals surface area contributed by atoms with Gasteiger partial charge in [-0.3, -0.25) is 0 Å². The number of tetrazole rings is 1. The van der Waals surface area contributed by atoms with Crippen molar-refractivity contribution < 1.29 is 14.2 Å². The molecule has 0 aliphatic heterocycles. The van der Waals surface area contributed by atoms with Gasteiger partial charge in [0.25, 0.3) is 0 Å². The number of aliphatic hydroxyl groups excluding tert-OH is 1. The Labute approximate surface area is 163 Å². The summed E-state index contributed by atoms with van der Waals surface area (Å²) in [5.74, 6) is -0.919. The van der Waals surface area contributed by atoms with Crippen LogP contribution in [0, 0.1) is 17.1 Å². The molecule has 1 atom stereocenters. The first kappa shape index (κ1) is 19.7. The third kappa shape index (κ3) is 4.12. The molecule has 150 valence electrons. The lowest BCUT2D eigenvalue weighted by molar-refractivity contribution is 0.122. The predicted molar refractivity (Wildman–Crippen MR) is 98.2 cm³/mol. The van der Waals surface area contributed by atoms with Crippen molar-refractivity contribution in [2.24, 2.45) is 7.05 Å². The maximum absolute atomic E-state index is 14.6. The number of hydrogen-bond acceptors (Lipinski definition) is 10. The van der Waals surface area contributed by atoms with Crippen molar-refractivity contribution in [1.82, 2.24) is 29.8 Å². The van der Waals surface area contributed by atoms with Gasteiger partial charge in [-0.1, -0.05) is 0 Å². The van der Waals surface area contributed by atoms with E-state index < -0.39 is 17.6 Å². The van der Waals surface area contributed by atoms with E-state index in [1.165, 1.54) is 26.2 Å². The van der Waals surface area contributed by atoms with Gasteiger partial charge in [0.2, 0.25) is 5.95 Å². The number of nitrogens with two attached hydrogens (primary N) is 1. The Kier molecular flexibility index (Phi) is 5.37. The summed E-state index contributed by atoms with van der Waals surface area (Å²) in [5.41, 5.74) is 5.09. The van der Waals surface area contributed by atoms with Crippen LogP contribution in [-0.2, 0) is 7.05 Å². The summed E-state index contributed by atoms with van der Waals surface area (Å²) in [7, 11) is 1.40. The maximum atomic E-state index is 14.6. The summed E-state index contributed by atoms with van der Waals surface area (Å²) in [5, 5.41) is 28.3.